The second kappa shape index (κ2) is 11.5. The third kappa shape index (κ3) is 7.23. The predicted molar refractivity (Wildman–Crippen MR) is 100.0 cm³/mol. The van der Waals surface area contributed by atoms with Gasteiger partial charge in [0.2, 0.25) is 0 Å². The fourth-order valence-electron chi connectivity index (χ4n) is 2.81. The Morgan fingerprint density at radius 1 is 1.13 bits per heavy atom. The monoisotopic (exact) mass is 442 g/mol. The van der Waals surface area contributed by atoms with Crippen molar-refractivity contribution in [1.29, 1.82) is 0 Å². The van der Waals surface area contributed by atoms with Gasteiger partial charge in [0.25, 0.3) is 0 Å². The first kappa shape index (κ1) is 26.9. The van der Waals surface area contributed by atoms with Crippen LogP contribution in [0.3, 0.4) is 0 Å². The molecule has 1 rings (SSSR count). The first-order valence-corrected chi connectivity index (χ1v) is 9.47. The Hall–Kier alpha value is -1.13. The lowest BCUT2D eigenvalue weighted by atomic mass is 9.97. The van der Waals surface area contributed by atoms with Crippen molar-refractivity contribution in [3.05, 3.63) is 0 Å². The van der Waals surface area contributed by atoms with Gasteiger partial charge in [-0.25, -0.2) is 4.79 Å². The molecular weight excluding hydrogens is 408 g/mol. The Kier molecular flexibility index (Phi) is 10.3. The first-order chi connectivity index (χ1) is 13.9. The normalized spacial score (nSPS) is 31.5. The number of aliphatic hydroxyl groups excluding tert-OH is 7. The molecule has 30 heavy (non-hydrogen) atoms. The lowest BCUT2D eigenvalue weighted by molar-refractivity contribution is -0.296. The number of nitrogens with one attached hydrogen (secondary N) is 1. The molecule has 0 bridgehead atoms. The van der Waals surface area contributed by atoms with E-state index in [0.717, 1.165) is 0 Å². The maximum atomic E-state index is 12.0. The SMILES string of the molecule is CC(C)(C)OC(=O)NC(CO)[C@@H](O)[C@@H](O[C@@H]1OC(CO)[C@H](O)[C@H](O)C1N)C(O)CO. The van der Waals surface area contributed by atoms with Gasteiger partial charge >= 0.3 is 6.09 Å². The molecule has 0 aromatic heterocycles. The molecule has 10 N–H and O–H groups in total. The molecule has 0 spiro atoms. The molecule has 1 fully saturated rings. The summed E-state index contributed by atoms with van der Waals surface area (Å²) in [5.74, 6) is 0. The third-order valence-corrected chi connectivity index (χ3v) is 4.43. The number of carbonyl (C=O) groups excluding carboxylic acids is 1. The van der Waals surface area contributed by atoms with Gasteiger partial charge in [-0.15, -0.1) is 0 Å². The van der Waals surface area contributed by atoms with Crippen LogP contribution in [0.15, 0.2) is 0 Å². The van der Waals surface area contributed by atoms with E-state index >= 15 is 0 Å². The first-order valence-electron chi connectivity index (χ1n) is 9.47. The maximum absolute atomic E-state index is 12.0. The van der Waals surface area contributed by atoms with Crippen LogP contribution < -0.4 is 11.1 Å². The summed E-state index contributed by atoms with van der Waals surface area (Å²) in [5.41, 5.74) is 4.92. The Balaban J connectivity index is 2.97. The van der Waals surface area contributed by atoms with E-state index < -0.39 is 86.5 Å². The van der Waals surface area contributed by atoms with Crippen LogP contribution in [-0.4, -0.2) is 122 Å². The van der Waals surface area contributed by atoms with E-state index in [9.17, 15) is 40.5 Å². The van der Waals surface area contributed by atoms with Crippen LogP contribution in [0.4, 0.5) is 4.79 Å². The van der Waals surface area contributed by atoms with Crippen molar-refractivity contribution in [2.45, 2.75) is 81.4 Å². The molecule has 0 saturated carbocycles. The maximum Gasteiger partial charge on any atom is 0.408 e. The summed E-state index contributed by atoms with van der Waals surface area (Å²) in [6.45, 7) is 2.49. The van der Waals surface area contributed by atoms with Gasteiger partial charge in [-0.3, -0.25) is 0 Å². The zero-order chi connectivity index (χ0) is 23.2. The molecule has 1 aliphatic heterocycles. The second-order valence-corrected chi connectivity index (χ2v) is 8.06. The van der Waals surface area contributed by atoms with Crippen molar-refractivity contribution >= 4 is 6.09 Å². The molecule has 0 aliphatic carbocycles. The zero-order valence-corrected chi connectivity index (χ0v) is 17.2. The van der Waals surface area contributed by atoms with Crippen LogP contribution in [0.2, 0.25) is 0 Å². The highest BCUT2D eigenvalue weighted by Gasteiger charge is 2.46. The van der Waals surface area contributed by atoms with Crippen molar-refractivity contribution in [3.8, 4) is 0 Å². The highest BCUT2D eigenvalue weighted by Crippen LogP contribution is 2.24. The zero-order valence-electron chi connectivity index (χ0n) is 17.2. The highest BCUT2D eigenvalue weighted by molar-refractivity contribution is 5.68. The summed E-state index contributed by atoms with van der Waals surface area (Å²) in [7, 11) is 0. The van der Waals surface area contributed by atoms with Crippen LogP contribution in [0.5, 0.6) is 0 Å². The highest BCUT2D eigenvalue weighted by atomic mass is 16.7. The van der Waals surface area contributed by atoms with Gasteiger partial charge in [0.05, 0.1) is 31.9 Å². The number of hydrogen-bond donors (Lipinski definition) is 9. The van der Waals surface area contributed by atoms with E-state index in [-0.39, 0.29) is 0 Å². The lowest BCUT2D eigenvalue weighted by Gasteiger charge is -2.43. The number of alkyl carbamates (subject to hydrolysis) is 1. The van der Waals surface area contributed by atoms with Crippen LogP contribution in [0, 0.1) is 0 Å². The van der Waals surface area contributed by atoms with Crippen molar-refractivity contribution < 1.29 is 54.8 Å². The number of ether oxygens (including phenoxy) is 3. The summed E-state index contributed by atoms with van der Waals surface area (Å²) in [5, 5.41) is 70.9. The number of aliphatic hydroxyl groups is 7. The van der Waals surface area contributed by atoms with Gasteiger partial charge in [0, 0.05) is 0 Å². The van der Waals surface area contributed by atoms with Crippen LogP contribution >= 0.6 is 0 Å². The summed E-state index contributed by atoms with van der Waals surface area (Å²) < 4.78 is 15.8. The van der Waals surface area contributed by atoms with Crippen molar-refractivity contribution in [2.24, 2.45) is 5.73 Å². The van der Waals surface area contributed by atoms with Crippen LogP contribution in [0.1, 0.15) is 20.8 Å². The molecule has 178 valence electrons. The minimum atomic E-state index is -1.78. The molecule has 0 aromatic carbocycles. The van der Waals surface area contributed by atoms with E-state index in [2.05, 4.69) is 5.32 Å². The van der Waals surface area contributed by atoms with Crippen LogP contribution in [-0.2, 0) is 14.2 Å². The fraction of sp³-hybridized carbons (Fsp3) is 0.941. The molecule has 1 saturated heterocycles. The van der Waals surface area contributed by atoms with Gasteiger partial charge < -0.3 is 61.0 Å². The van der Waals surface area contributed by atoms with Crippen molar-refractivity contribution in [2.75, 3.05) is 19.8 Å². The minimum absolute atomic E-state index is 0.681. The van der Waals surface area contributed by atoms with Gasteiger partial charge in [0.1, 0.15) is 42.2 Å². The van der Waals surface area contributed by atoms with E-state index in [1.807, 2.05) is 0 Å². The Bertz CT molecular complexity index is 530. The number of rotatable bonds is 9. The smallest absolute Gasteiger partial charge is 0.408 e. The van der Waals surface area contributed by atoms with Crippen molar-refractivity contribution in [3.63, 3.8) is 0 Å². The van der Waals surface area contributed by atoms with E-state index in [0.29, 0.717) is 0 Å². The summed E-state index contributed by atoms with van der Waals surface area (Å²) in [6.07, 6.45) is -11.9. The predicted octanol–water partition coefficient (Wildman–Crippen LogP) is -4.26. The standard InChI is InChI=1S/C17H34N2O11/c1-17(2,3)30-16(27)19-7(4-20)11(24)14(8(23)5-21)29-15-10(18)13(26)12(25)9(6-22)28-15/h7-15,20-26H,4-6,18H2,1-3H3,(H,19,27)/t7?,8?,9?,10?,11-,12+,13-,14+,15+/m1/s1. The Morgan fingerprint density at radius 3 is 2.20 bits per heavy atom. The van der Waals surface area contributed by atoms with E-state index in [4.69, 9.17) is 19.9 Å². The lowest BCUT2D eigenvalue weighted by Crippen LogP contribution is -2.65. The molecule has 9 atom stereocenters. The topological polar surface area (TPSA) is 224 Å². The Morgan fingerprint density at radius 2 is 1.73 bits per heavy atom. The molecule has 0 radical (unpaired) electrons. The van der Waals surface area contributed by atoms with E-state index in [1.165, 1.54) is 0 Å². The largest absolute Gasteiger partial charge is 0.444 e. The third-order valence-electron chi connectivity index (χ3n) is 4.43. The van der Waals surface area contributed by atoms with Crippen LogP contribution in [0.25, 0.3) is 0 Å². The van der Waals surface area contributed by atoms with Gasteiger partial charge in [0.15, 0.2) is 6.29 Å². The molecule has 1 amide bonds. The van der Waals surface area contributed by atoms with Gasteiger partial charge in [-0.05, 0) is 20.8 Å². The quantitative estimate of drug-likeness (QED) is 0.165. The molecular formula is C17H34N2O11. The number of hydrogen-bond acceptors (Lipinski definition) is 12. The minimum Gasteiger partial charge on any atom is -0.444 e. The molecule has 1 heterocycles. The van der Waals surface area contributed by atoms with E-state index in [1.54, 1.807) is 20.8 Å². The molecule has 13 nitrogen and oxygen atoms in total. The summed E-state index contributed by atoms with van der Waals surface area (Å²) in [4.78, 5) is 12.0. The second-order valence-electron chi connectivity index (χ2n) is 8.06. The summed E-state index contributed by atoms with van der Waals surface area (Å²) >= 11 is 0. The number of nitrogens with two attached hydrogens (primary N) is 1. The van der Waals surface area contributed by atoms with Gasteiger partial charge in [-0.2, -0.15) is 0 Å². The molecule has 13 heteroatoms. The number of carbonyl (C=O) groups is 1. The Labute approximate surface area is 174 Å². The fourth-order valence-corrected chi connectivity index (χ4v) is 2.81. The molecule has 0 aromatic rings. The average molecular weight is 442 g/mol. The molecule has 1 aliphatic rings. The molecule has 4 unspecified atom stereocenters. The van der Waals surface area contributed by atoms with Gasteiger partial charge in [-0.1, -0.05) is 0 Å². The average Bonchev–Trinajstić information content (AvgIpc) is 2.67. The number of amides is 1. The van der Waals surface area contributed by atoms with Crippen molar-refractivity contribution in [1.82, 2.24) is 5.32 Å². The summed E-state index contributed by atoms with van der Waals surface area (Å²) in [6, 6.07) is -2.72.